The van der Waals surface area contributed by atoms with Gasteiger partial charge in [-0.2, -0.15) is 4.98 Å². The second-order valence-corrected chi connectivity index (χ2v) is 13.4. The van der Waals surface area contributed by atoms with Gasteiger partial charge in [0.15, 0.2) is 5.82 Å². The molecule has 1 aromatic rings. The van der Waals surface area contributed by atoms with Crippen LogP contribution in [0.15, 0.2) is 4.52 Å². The highest BCUT2D eigenvalue weighted by Crippen LogP contribution is 2.69. The van der Waals surface area contributed by atoms with E-state index < -0.39 is 0 Å². The maximum Gasteiger partial charge on any atom is 0.226 e. The minimum absolute atomic E-state index is 0.167. The molecule has 0 bridgehead atoms. The summed E-state index contributed by atoms with van der Waals surface area (Å²) in [6.45, 7) is 7.36. The molecule has 0 spiro atoms. The third-order valence-corrected chi connectivity index (χ3v) is 12.0. The first-order valence-corrected chi connectivity index (χ1v) is 14.5. The second kappa shape index (κ2) is 8.57. The maximum absolute atomic E-state index is 11.8. The Bertz CT molecular complexity index is 882. The van der Waals surface area contributed by atoms with Crippen LogP contribution in [0.5, 0.6) is 0 Å². The topological polar surface area (TPSA) is 79.4 Å². The molecule has 5 heteroatoms. The van der Waals surface area contributed by atoms with Gasteiger partial charge in [-0.05, 0) is 117 Å². The number of fused-ring (bicyclic) bond motifs is 5. The van der Waals surface area contributed by atoms with Crippen LogP contribution in [0.3, 0.4) is 0 Å². The van der Waals surface area contributed by atoms with Crippen LogP contribution < -0.4 is 0 Å². The van der Waals surface area contributed by atoms with Crippen molar-refractivity contribution in [2.24, 2.45) is 46.3 Å². The fourth-order valence-electron chi connectivity index (χ4n) is 9.92. The third kappa shape index (κ3) is 3.62. The molecular weight excluding hydrogens is 424 g/mol. The maximum atomic E-state index is 11.8. The first-order valence-electron chi connectivity index (χ1n) is 14.5. The normalized spacial score (nSPS) is 48.3. The zero-order valence-corrected chi connectivity index (χ0v) is 21.6. The van der Waals surface area contributed by atoms with E-state index in [9.17, 15) is 10.2 Å². The number of nitrogens with zero attached hydrogens (tertiary/aromatic N) is 2. The second-order valence-electron chi connectivity index (χ2n) is 13.4. The Morgan fingerprint density at radius 2 is 1.71 bits per heavy atom. The van der Waals surface area contributed by atoms with Crippen LogP contribution in [-0.2, 0) is 6.42 Å². The zero-order chi connectivity index (χ0) is 23.7. The molecule has 0 amide bonds. The first kappa shape index (κ1) is 23.5. The number of hydrogen-bond donors (Lipinski definition) is 2. The summed E-state index contributed by atoms with van der Waals surface area (Å²) in [5.74, 6) is 5.61. The van der Waals surface area contributed by atoms with E-state index in [-0.39, 0.29) is 12.2 Å². The molecule has 190 valence electrons. The van der Waals surface area contributed by atoms with Gasteiger partial charge in [-0.25, -0.2) is 0 Å². The molecule has 0 radical (unpaired) electrons. The molecule has 6 rings (SSSR count). The van der Waals surface area contributed by atoms with Crippen molar-refractivity contribution in [2.75, 3.05) is 0 Å². The van der Waals surface area contributed by atoms with Crippen LogP contribution in [0, 0.1) is 46.3 Å². The van der Waals surface area contributed by atoms with Gasteiger partial charge >= 0.3 is 0 Å². The van der Waals surface area contributed by atoms with Gasteiger partial charge in [-0.3, -0.25) is 0 Å². The van der Waals surface area contributed by atoms with Crippen molar-refractivity contribution in [2.45, 2.75) is 122 Å². The highest BCUT2D eigenvalue weighted by molar-refractivity contribution is 5.13. The Morgan fingerprint density at radius 1 is 0.941 bits per heavy atom. The summed E-state index contributed by atoms with van der Waals surface area (Å²) in [7, 11) is 0. The average Bonchev–Trinajstić information content (AvgIpc) is 3.47. The van der Waals surface area contributed by atoms with Gasteiger partial charge < -0.3 is 14.7 Å². The van der Waals surface area contributed by atoms with Crippen LogP contribution in [0.25, 0.3) is 0 Å². The van der Waals surface area contributed by atoms with Crippen molar-refractivity contribution in [3.8, 4) is 0 Å². The molecule has 0 saturated heterocycles. The molecule has 5 aliphatic carbocycles. The van der Waals surface area contributed by atoms with Gasteiger partial charge in [0.1, 0.15) is 0 Å². The molecular formula is C29H46N2O3. The predicted octanol–water partition coefficient (Wildman–Crippen LogP) is 5.90. The largest absolute Gasteiger partial charge is 0.393 e. The molecule has 5 saturated carbocycles. The lowest BCUT2D eigenvalue weighted by Gasteiger charge is -2.64. The molecule has 5 fully saturated rings. The fourth-order valence-corrected chi connectivity index (χ4v) is 9.92. The fraction of sp³-hybridized carbons (Fsp3) is 0.931. The standard InChI is InChI=1S/C29H46N2O3/c1-4-20-23-16-19(32)12-14-29(23,3)22-13-15-28(2)18(10-11-21(28)25(22)26(20)33)6-5-7-24-30-27(31-34-24)17-8-9-17/h17-23,25-26,32-33H,4-16H2,1-3H3/t18-,19+,20+,21-,22-,23-,25-,26+,28+,29+/m0/s1. The van der Waals surface area contributed by atoms with Crippen molar-refractivity contribution >= 4 is 0 Å². The molecule has 0 unspecified atom stereocenters. The van der Waals surface area contributed by atoms with Gasteiger partial charge in [-0.1, -0.05) is 32.3 Å². The van der Waals surface area contributed by atoms with E-state index in [1.807, 2.05) is 0 Å². The van der Waals surface area contributed by atoms with Gasteiger partial charge in [0.2, 0.25) is 5.89 Å². The molecule has 34 heavy (non-hydrogen) atoms. The monoisotopic (exact) mass is 470 g/mol. The minimum atomic E-state index is -0.194. The molecule has 1 aromatic heterocycles. The molecule has 0 aromatic carbocycles. The van der Waals surface area contributed by atoms with Crippen LogP contribution in [0.2, 0.25) is 0 Å². The van der Waals surface area contributed by atoms with Crippen molar-refractivity contribution in [1.82, 2.24) is 10.1 Å². The number of aryl methyl sites for hydroxylation is 1. The van der Waals surface area contributed by atoms with Crippen molar-refractivity contribution in [3.63, 3.8) is 0 Å². The number of aliphatic hydroxyl groups is 2. The summed E-state index contributed by atoms with van der Waals surface area (Å²) in [6, 6.07) is 0. The van der Waals surface area contributed by atoms with Gasteiger partial charge in [0, 0.05) is 12.3 Å². The van der Waals surface area contributed by atoms with E-state index in [0.717, 1.165) is 56.2 Å². The third-order valence-electron chi connectivity index (χ3n) is 12.0. The molecule has 5 aliphatic rings. The first-order chi connectivity index (χ1) is 16.3. The van der Waals surface area contributed by atoms with Crippen molar-refractivity contribution in [3.05, 3.63) is 11.7 Å². The molecule has 10 atom stereocenters. The molecule has 2 N–H and O–H groups in total. The van der Waals surface area contributed by atoms with E-state index in [1.165, 1.54) is 44.9 Å². The van der Waals surface area contributed by atoms with Gasteiger partial charge in [-0.15, -0.1) is 0 Å². The number of rotatable bonds is 6. The van der Waals surface area contributed by atoms with Crippen LogP contribution in [0.4, 0.5) is 0 Å². The Labute approximate surface area is 205 Å². The summed E-state index contributed by atoms with van der Waals surface area (Å²) in [6.07, 6.45) is 14.5. The quantitative estimate of drug-likeness (QED) is 0.541. The van der Waals surface area contributed by atoms with E-state index in [2.05, 4.69) is 30.9 Å². The molecule has 0 aliphatic heterocycles. The van der Waals surface area contributed by atoms with Crippen LogP contribution in [-0.4, -0.2) is 32.6 Å². The summed E-state index contributed by atoms with van der Waals surface area (Å²) in [4.78, 5) is 4.64. The zero-order valence-electron chi connectivity index (χ0n) is 21.6. The predicted molar refractivity (Wildman–Crippen MR) is 131 cm³/mol. The Kier molecular flexibility index (Phi) is 5.92. The van der Waals surface area contributed by atoms with Gasteiger partial charge in [0.25, 0.3) is 0 Å². The summed E-state index contributed by atoms with van der Waals surface area (Å²) in [5.41, 5.74) is 0.645. The summed E-state index contributed by atoms with van der Waals surface area (Å²) in [5, 5.41) is 26.5. The lowest BCUT2D eigenvalue weighted by Crippen LogP contribution is -2.62. The van der Waals surface area contributed by atoms with E-state index in [1.54, 1.807) is 0 Å². The highest BCUT2D eigenvalue weighted by Gasteiger charge is 2.64. The van der Waals surface area contributed by atoms with Crippen molar-refractivity contribution in [1.29, 1.82) is 0 Å². The number of aliphatic hydroxyl groups excluding tert-OH is 2. The smallest absolute Gasteiger partial charge is 0.226 e. The summed E-state index contributed by atoms with van der Waals surface area (Å²) >= 11 is 0. The highest BCUT2D eigenvalue weighted by atomic mass is 16.5. The lowest BCUT2D eigenvalue weighted by molar-refractivity contribution is -0.202. The number of aromatic nitrogens is 2. The Morgan fingerprint density at radius 3 is 2.47 bits per heavy atom. The van der Waals surface area contributed by atoms with E-state index in [0.29, 0.717) is 46.3 Å². The summed E-state index contributed by atoms with van der Waals surface area (Å²) < 4.78 is 5.53. The average molecular weight is 471 g/mol. The van der Waals surface area contributed by atoms with Crippen molar-refractivity contribution < 1.29 is 14.7 Å². The molecule has 1 heterocycles. The number of hydrogen-bond acceptors (Lipinski definition) is 5. The van der Waals surface area contributed by atoms with Gasteiger partial charge in [0.05, 0.1) is 12.2 Å². The van der Waals surface area contributed by atoms with E-state index >= 15 is 0 Å². The SMILES string of the molecule is CC[C@H]1[C@@H](O)[C@@H]2[C@H](CC[C@]3(C)[C@@H](CCCc4nc(C5CC5)no4)CC[C@@H]23)[C@@]2(C)CC[C@@H](O)C[C@@H]12. The molecule has 5 nitrogen and oxygen atoms in total. The Hall–Kier alpha value is -0.940. The van der Waals surface area contributed by atoms with Crippen LogP contribution >= 0.6 is 0 Å². The Balaban J connectivity index is 1.16. The lowest BCUT2D eigenvalue weighted by atomic mass is 9.41. The van der Waals surface area contributed by atoms with E-state index in [4.69, 9.17) is 4.52 Å². The van der Waals surface area contributed by atoms with Crippen LogP contribution in [0.1, 0.15) is 115 Å². The minimum Gasteiger partial charge on any atom is -0.393 e.